The molecule has 0 bridgehead atoms. The number of nitrogens with zero attached hydrogens (tertiary/aromatic N) is 1. The minimum Gasteiger partial charge on any atom is -0.452 e. The molecule has 0 aliphatic rings. The molecule has 0 aliphatic carbocycles. The van der Waals surface area contributed by atoms with E-state index in [1.807, 2.05) is 13.8 Å². The Morgan fingerprint density at radius 2 is 2.06 bits per heavy atom. The van der Waals surface area contributed by atoms with Gasteiger partial charge in [-0.1, -0.05) is 0 Å². The molecule has 0 saturated heterocycles. The van der Waals surface area contributed by atoms with E-state index in [-0.39, 0.29) is 35.6 Å². The molecule has 1 aromatic heterocycles. The molecule has 1 aromatic rings. The molecule has 0 aromatic carbocycles. The summed E-state index contributed by atoms with van der Waals surface area (Å²) in [5, 5.41) is 2.69. The van der Waals surface area contributed by atoms with Crippen molar-refractivity contribution in [3.63, 3.8) is 0 Å². The van der Waals surface area contributed by atoms with Crippen LogP contribution < -0.4 is 5.32 Å². The lowest BCUT2D eigenvalue weighted by Crippen LogP contribution is -2.34. The summed E-state index contributed by atoms with van der Waals surface area (Å²) in [7, 11) is 0. The van der Waals surface area contributed by atoms with Crippen molar-refractivity contribution < 1.29 is 14.0 Å². The Labute approximate surface area is 111 Å². The maximum Gasteiger partial charge on any atom is 0.256 e. The van der Waals surface area contributed by atoms with Crippen molar-refractivity contribution in [2.75, 3.05) is 19.6 Å². The van der Waals surface area contributed by atoms with Crippen LogP contribution in [0.15, 0.2) is 16.7 Å². The molecule has 5 nitrogen and oxygen atoms in total. The second-order valence-corrected chi connectivity index (χ2v) is 4.02. The highest BCUT2D eigenvalue weighted by Gasteiger charge is 2.14. The second-order valence-electron chi connectivity index (χ2n) is 3.68. The van der Waals surface area contributed by atoms with E-state index in [0.717, 1.165) is 0 Å². The Balaban J connectivity index is 2.36. The zero-order chi connectivity index (χ0) is 13.5. The predicted molar refractivity (Wildman–Crippen MR) is 68.6 cm³/mol. The van der Waals surface area contributed by atoms with Crippen molar-refractivity contribution >= 4 is 23.4 Å². The fourth-order valence-electron chi connectivity index (χ4n) is 1.57. The normalized spacial score (nSPS) is 10.2. The van der Waals surface area contributed by atoms with Gasteiger partial charge in [0.05, 0.1) is 11.8 Å². The van der Waals surface area contributed by atoms with Gasteiger partial charge < -0.3 is 14.6 Å². The van der Waals surface area contributed by atoms with Gasteiger partial charge in [-0.25, -0.2) is 0 Å². The van der Waals surface area contributed by atoms with E-state index in [1.54, 1.807) is 4.90 Å². The summed E-state index contributed by atoms with van der Waals surface area (Å²) in [6.07, 6.45) is 1.63. The van der Waals surface area contributed by atoms with E-state index in [0.29, 0.717) is 13.1 Å². The minimum atomic E-state index is -0.332. The number of hydrogen-bond acceptors (Lipinski definition) is 3. The lowest BCUT2D eigenvalue weighted by atomic mass is 10.3. The highest BCUT2D eigenvalue weighted by Crippen LogP contribution is 2.15. The van der Waals surface area contributed by atoms with Gasteiger partial charge in [0.15, 0.2) is 0 Å². The number of carbonyl (C=O) groups excluding carboxylic acids is 2. The Morgan fingerprint density at radius 1 is 1.39 bits per heavy atom. The van der Waals surface area contributed by atoms with Crippen LogP contribution in [0.3, 0.4) is 0 Å². The first-order valence-corrected chi connectivity index (χ1v) is 6.26. The maximum atomic E-state index is 11.7. The van der Waals surface area contributed by atoms with E-state index >= 15 is 0 Å². The van der Waals surface area contributed by atoms with Crippen molar-refractivity contribution in [1.29, 1.82) is 0 Å². The summed E-state index contributed by atoms with van der Waals surface area (Å²) in [5.41, 5.74) is 0.284. The summed E-state index contributed by atoms with van der Waals surface area (Å²) >= 11 is 5.67. The molecule has 6 heteroatoms. The highest BCUT2D eigenvalue weighted by molar-refractivity contribution is 6.32. The predicted octanol–water partition coefficient (Wildman–Crippen LogP) is 1.92. The van der Waals surface area contributed by atoms with Gasteiger partial charge in [-0.3, -0.25) is 9.59 Å². The zero-order valence-electron chi connectivity index (χ0n) is 10.5. The van der Waals surface area contributed by atoms with Crippen LogP contribution in [0.25, 0.3) is 0 Å². The number of furan rings is 1. The number of nitrogens with one attached hydrogen (secondary N) is 1. The highest BCUT2D eigenvalue weighted by atomic mass is 35.5. The van der Waals surface area contributed by atoms with Crippen molar-refractivity contribution in [2.24, 2.45) is 0 Å². The quantitative estimate of drug-likeness (QED) is 0.861. The molecule has 0 fully saturated rings. The van der Waals surface area contributed by atoms with Gasteiger partial charge >= 0.3 is 0 Å². The van der Waals surface area contributed by atoms with E-state index in [2.05, 4.69) is 5.32 Å². The molecule has 18 heavy (non-hydrogen) atoms. The standard InChI is InChI=1S/C12H17ClN2O3/c1-3-15(4-2)10(16)5-7-14-12(17)9-6-8-18-11(9)13/h6,8H,3-5,7H2,1-2H3,(H,14,17). The Bertz CT molecular complexity index is 413. The van der Waals surface area contributed by atoms with E-state index in [1.165, 1.54) is 12.3 Å². The largest absolute Gasteiger partial charge is 0.452 e. The van der Waals surface area contributed by atoms with Crippen molar-refractivity contribution in [1.82, 2.24) is 10.2 Å². The summed E-state index contributed by atoms with van der Waals surface area (Å²) < 4.78 is 4.82. The molecular formula is C12H17ClN2O3. The molecule has 1 rings (SSSR count). The van der Waals surface area contributed by atoms with Gasteiger partial charge in [0.1, 0.15) is 0 Å². The van der Waals surface area contributed by atoms with Gasteiger partial charge in [-0.05, 0) is 31.5 Å². The smallest absolute Gasteiger partial charge is 0.256 e. The van der Waals surface area contributed by atoms with E-state index in [9.17, 15) is 9.59 Å². The first kappa shape index (κ1) is 14.6. The molecular weight excluding hydrogens is 256 g/mol. The number of hydrogen-bond donors (Lipinski definition) is 1. The van der Waals surface area contributed by atoms with Gasteiger partial charge in [-0.15, -0.1) is 0 Å². The number of carbonyl (C=O) groups is 2. The molecule has 0 radical (unpaired) electrons. The fraction of sp³-hybridized carbons (Fsp3) is 0.500. The third-order valence-electron chi connectivity index (χ3n) is 2.60. The summed E-state index contributed by atoms with van der Waals surface area (Å²) in [4.78, 5) is 25.0. The van der Waals surface area contributed by atoms with Crippen LogP contribution in [0, 0.1) is 0 Å². The monoisotopic (exact) mass is 272 g/mol. The van der Waals surface area contributed by atoms with Crippen LogP contribution in [-0.4, -0.2) is 36.3 Å². The lowest BCUT2D eigenvalue weighted by Gasteiger charge is -2.18. The van der Waals surface area contributed by atoms with Gasteiger partial charge in [-0.2, -0.15) is 0 Å². The minimum absolute atomic E-state index is 0.0265. The molecule has 2 amide bonds. The molecule has 1 N–H and O–H groups in total. The van der Waals surface area contributed by atoms with Crippen LogP contribution in [0.2, 0.25) is 5.22 Å². The maximum absolute atomic E-state index is 11.7. The van der Waals surface area contributed by atoms with Crippen LogP contribution >= 0.6 is 11.6 Å². The first-order valence-electron chi connectivity index (χ1n) is 5.89. The topological polar surface area (TPSA) is 62.6 Å². The summed E-state index contributed by atoms with van der Waals surface area (Å²) in [6.45, 7) is 5.49. The van der Waals surface area contributed by atoms with Crippen molar-refractivity contribution in [2.45, 2.75) is 20.3 Å². The lowest BCUT2D eigenvalue weighted by molar-refractivity contribution is -0.130. The molecule has 1 heterocycles. The number of amides is 2. The number of halogens is 1. The van der Waals surface area contributed by atoms with Crippen molar-refractivity contribution in [3.05, 3.63) is 23.1 Å². The molecule has 0 saturated carbocycles. The average Bonchev–Trinajstić information content (AvgIpc) is 2.77. The SMILES string of the molecule is CCN(CC)C(=O)CCNC(=O)c1ccoc1Cl. The molecule has 0 spiro atoms. The van der Waals surface area contributed by atoms with Crippen LogP contribution in [0.1, 0.15) is 30.6 Å². The summed E-state index contributed by atoms with van der Waals surface area (Å²) in [5.74, 6) is -0.306. The third-order valence-corrected chi connectivity index (χ3v) is 2.90. The van der Waals surface area contributed by atoms with E-state index in [4.69, 9.17) is 16.0 Å². The van der Waals surface area contributed by atoms with Crippen LogP contribution in [0.4, 0.5) is 0 Å². The molecule has 0 unspecified atom stereocenters. The van der Waals surface area contributed by atoms with Gasteiger partial charge in [0.2, 0.25) is 11.1 Å². The molecule has 0 aliphatic heterocycles. The second kappa shape index (κ2) is 7.06. The fourth-order valence-corrected chi connectivity index (χ4v) is 1.77. The first-order chi connectivity index (χ1) is 8.60. The zero-order valence-corrected chi connectivity index (χ0v) is 11.3. The Kier molecular flexibility index (Phi) is 5.71. The average molecular weight is 273 g/mol. The number of rotatable bonds is 6. The van der Waals surface area contributed by atoms with Crippen LogP contribution in [-0.2, 0) is 4.79 Å². The van der Waals surface area contributed by atoms with Crippen LogP contribution in [0.5, 0.6) is 0 Å². The third kappa shape index (κ3) is 3.77. The van der Waals surface area contributed by atoms with E-state index < -0.39 is 0 Å². The Morgan fingerprint density at radius 3 is 2.56 bits per heavy atom. The summed E-state index contributed by atoms with van der Waals surface area (Å²) in [6, 6.07) is 1.49. The van der Waals surface area contributed by atoms with Gasteiger partial charge in [0.25, 0.3) is 5.91 Å². The van der Waals surface area contributed by atoms with Gasteiger partial charge in [0, 0.05) is 26.1 Å². The molecule has 0 atom stereocenters. The molecule has 100 valence electrons. The Hall–Kier alpha value is -1.49. The van der Waals surface area contributed by atoms with Crippen molar-refractivity contribution in [3.8, 4) is 0 Å².